The van der Waals surface area contributed by atoms with E-state index in [0.717, 1.165) is 25.8 Å². The molecule has 0 aliphatic heterocycles. The van der Waals surface area contributed by atoms with Gasteiger partial charge in [0, 0.05) is 18.7 Å². The highest BCUT2D eigenvalue weighted by Gasteiger charge is 2.23. The van der Waals surface area contributed by atoms with Crippen LogP contribution in [0, 0.1) is 17.7 Å². The summed E-state index contributed by atoms with van der Waals surface area (Å²) in [6.07, 6.45) is 4.46. The summed E-state index contributed by atoms with van der Waals surface area (Å²) >= 11 is 0. The molecule has 1 aliphatic carbocycles. The number of nitrogens with one attached hydrogen (secondary N) is 1. The molecular formula is C16H22FNO3. The molecule has 2 atom stereocenters. The normalized spacial score (nSPS) is 22.2. The number of carboxylic acid groups (broad SMARTS) is 1. The fourth-order valence-electron chi connectivity index (χ4n) is 3.03. The van der Waals surface area contributed by atoms with Crippen molar-refractivity contribution in [2.24, 2.45) is 11.8 Å². The highest BCUT2D eigenvalue weighted by atomic mass is 19.1. The number of hydrogen-bond donors (Lipinski definition) is 3. The van der Waals surface area contributed by atoms with Crippen molar-refractivity contribution in [1.82, 2.24) is 5.32 Å². The van der Waals surface area contributed by atoms with E-state index in [9.17, 15) is 14.3 Å². The smallest absolute Gasteiger partial charge is 0.335 e. The van der Waals surface area contributed by atoms with Crippen molar-refractivity contribution in [2.75, 3.05) is 13.2 Å². The molecule has 0 saturated heterocycles. The predicted octanol–water partition coefficient (Wildman–Crippen LogP) is 2.41. The third kappa shape index (κ3) is 4.25. The maximum absolute atomic E-state index is 13.7. The molecule has 0 spiro atoms. The second-order valence-corrected chi connectivity index (χ2v) is 5.73. The van der Waals surface area contributed by atoms with Gasteiger partial charge in [0.15, 0.2) is 0 Å². The number of aromatic carboxylic acids is 1. The Kier molecular flexibility index (Phi) is 5.70. The van der Waals surface area contributed by atoms with Crippen LogP contribution < -0.4 is 5.32 Å². The van der Waals surface area contributed by atoms with Crippen molar-refractivity contribution in [3.8, 4) is 0 Å². The van der Waals surface area contributed by atoms with E-state index in [4.69, 9.17) is 5.11 Å². The van der Waals surface area contributed by atoms with E-state index in [2.05, 4.69) is 5.32 Å². The monoisotopic (exact) mass is 295 g/mol. The summed E-state index contributed by atoms with van der Waals surface area (Å²) in [6, 6.07) is 3.83. The molecule has 1 aromatic carbocycles. The summed E-state index contributed by atoms with van der Waals surface area (Å²) in [5.74, 6) is -0.713. The Hall–Kier alpha value is -1.46. The van der Waals surface area contributed by atoms with E-state index in [-0.39, 0.29) is 12.2 Å². The third-order valence-electron chi connectivity index (χ3n) is 4.32. The quantitative estimate of drug-likeness (QED) is 0.754. The molecule has 21 heavy (non-hydrogen) atoms. The number of hydrogen-bond acceptors (Lipinski definition) is 3. The van der Waals surface area contributed by atoms with Gasteiger partial charge in [0.2, 0.25) is 0 Å². The summed E-state index contributed by atoms with van der Waals surface area (Å²) in [5, 5.41) is 21.5. The lowest BCUT2D eigenvalue weighted by molar-refractivity contribution is 0.0696. The van der Waals surface area contributed by atoms with Gasteiger partial charge in [-0.25, -0.2) is 9.18 Å². The van der Waals surface area contributed by atoms with Gasteiger partial charge in [-0.1, -0.05) is 12.8 Å². The topological polar surface area (TPSA) is 69.6 Å². The first-order chi connectivity index (χ1) is 10.1. The molecule has 1 fully saturated rings. The van der Waals surface area contributed by atoms with Crippen LogP contribution in [0.4, 0.5) is 4.39 Å². The van der Waals surface area contributed by atoms with Gasteiger partial charge in [0.25, 0.3) is 0 Å². The molecule has 5 heteroatoms. The minimum Gasteiger partial charge on any atom is -0.478 e. The molecule has 0 heterocycles. The SMILES string of the molecule is O=C(O)c1ccc(F)c(CNCC2CCCCC2CO)c1. The molecule has 1 saturated carbocycles. The zero-order valence-corrected chi connectivity index (χ0v) is 12.0. The molecular weight excluding hydrogens is 273 g/mol. The van der Waals surface area contributed by atoms with E-state index >= 15 is 0 Å². The van der Waals surface area contributed by atoms with Crippen LogP contribution in [0.5, 0.6) is 0 Å². The van der Waals surface area contributed by atoms with Gasteiger partial charge >= 0.3 is 5.97 Å². The van der Waals surface area contributed by atoms with Crippen LogP contribution in [0.15, 0.2) is 18.2 Å². The highest BCUT2D eigenvalue weighted by Crippen LogP contribution is 2.29. The fraction of sp³-hybridized carbons (Fsp3) is 0.562. The molecule has 0 aromatic heterocycles. The number of carbonyl (C=O) groups is 1. The Morgan fingerprint density at radius 3 is 2.67 bits per heavy atom. The lowest BCUT2D eigenvalue weighted by Crippen LogP contribution is -2.32. The zero-order valence-electron chi connectivity index (χ0n) is 12.0. The van der Waals surface area contributed by atoms with Crippen LogP contribution >= 0.6 is 0 Å². The Balaban J connectivity index is 1.90. The van der Waals surface area contributed by atoms with Gasteiger partial charge in [0.1, 0.15) is 5.82 Å². The minimum absolute atomic E-state index is 0.0964. The van der Waals surface area contributed by atoms with Crippen LogP contribution in [0.1, 0.15) is 41.6 Å². The van der Waals surface area contributed by atoms with E-state index in [0.29, 0.717) is 23.9 Å². The van der Waals surface area contributed by atoms with Gasteiger partial charge in [0.05, 0.1) is 5.56 Å². The predicted molar refractivity (Wildman–Crippen MR) is 77.6 cm³/mol. The van der Waals surface area contributed by atoms with E-state index in [1.807, 2.05) is 0 Å². The van der Waals surface area contributed by atoms with Crippen LogP contribution in [0.25, 0.3) is 0 Å². The van der Waals surface area contributed by atoms with Crippen LogP contribution in [-0.2, 0) is 6.54 Å². The molecule has 0 amide bonds. The summed E-state index contributed by atoms with van der Waals surface area (Å²) in [7, 11) is 0. The maximum atomic E-state index is 13.7. The highest BCUT2D eigenvalue weighted by molar-refractivity contribution is 5.87. The summed E-state index contributed by atoms with van der Waals surface area (Å²) in [4.78, 5) is 10.9. The molecule has 116 valence electrons. The fourth-order valence-corrected chi connectivity index (χ4v) is 3.03. The number of aliphatic hydroxyl groups is 1. The number of benzene rings is 1. The number of aliphatic hydroxyl groups excluding tert-OH is 1. The molecule has 1 aliphatic rings. The lowest BCUT2D eigenvalue weighted by Gasteiger charge is -2.30. The largest absolute Gasteiger partial charge is 0.478 e. The molecule has 0 bridgehead atoms. The second-order valence-electron chi connectivity index (χ2n) is 5.73. The molecule has 3 N–H and O–H groups in total. The Morgan fingerprint density at radius 1 is 1.29 bits per heavy atom. The molecule has 2 rings (SSSR count). The molecule has 2 unspecified atom stereocenters. The zero-order chi connectivity index (χ0) is 15.2. The Bertz CT molecular complexity index is 492. The van der Waals surface area contributed by atoms with E-state index in [1.54, 1.807) is 0 Å². The average molecular weight is 295 g/mol. The standard InChI is InChI=1S/C16H22FNO3/c17-15-6-5-11(16(20)21)7-14(15)9-18-8-12-3-1-2-4-13(12)10-19/h5-7,12-13,18-19H,1-4,8-10H2,(H,20,21). The first kappa shape index (κ1) is 15.9. The summed E-state index contributed by atoms with van der Waals surface area (Å²) in [5.41, 5.74) is 0.463. The number of rotatable bonds is 6. The van der Waals surface area contributed by atoms with Crippen molar-refractivity contribution in [3.63, 3.8) is 0 Å². The van der Waals surface area contributed by atoms with Crippen molar-refractivity contribution >= 4 is 5.97 Å². The lowest BCUT2D eigenvalue weighted by atomic mass is 9.79. The number of halogens is 1. The van der Waals surface area contributed by atoms with Crippen molar-refractivity contribution < 1.29 is 19.4 Å². The average Bonchev–Trinajstić information content (AvgIpc) is 2.49. The van der Waals surface area contributed by atoms with Gasteiger partial charge in [-0.05, 0) is 49.4 Å². The van der Waals surface area contributed by atoms with Crippen LogP contribution in [-0.4, -0.2) is 29.3 Å². The first-order valence-electron chi connectivity index (χ1n) is 7.45. The minimum atomic E-state index is -1.05. The Morgan fingerprint density at radius 2 is 2.00 bits per heavy atom. The van der Waals surface area contributed by atoms with Crippen LogP contribution in [0.3, 0.4) is 0 Å². The maximum Gasteiger partial charge on any atom is 0.335 e. The third-order valence-corrected chi connectivity index (χ3v) is 4.32. The Labute approximate surface area is 124 Å². The van der Waals surface area contributed by atoms with Crippen molar-refractivity contribution in [3.05, 3.63) is 35.1 Å². The van der Waals surface area contributed by atoms with Gasteiger partial charge in [-0.15, -0.1) is 0 Å². The molecule has 4 nitrogen and oxygen atoms in total. The van der Waals surface area contributed by atoms with Crippen molar-refractivity contribution in [2.45, 2.75) is 32.2 Å². The molecule has 0 radical (unpaired) electrons. The summed E-state index contributed by atoms with van der Waals surface area (Å²) in [6.45, 7) is 1.23. The second kappa shape index (κ2) is 7.52. The van der Waals surface area contributed by atoms with Gasteiger partial charge in [-0.3, -0.25) is 0 Å². The first-order valence-corrected chi connectivity index (χ1v) is 7.45. The van der Waals surface area contributed by atoms with Crippen molar-refractivity contribution in [1.29, 1.82) is 0 Å². The molecule has 1 aromatic rings. The van der Waals surface area contributed by atoms with E-state index < -0.39 is 11.8 Å². The van der Waals surface area contributed by atoms with Crippen LogP contribution in [0.2, 0.25) is 0 Å². The van der Waals surface area contributed by atoms with Gasteiger partial charge in [-0.2, -0.15) is 0 Å². The number of carboxylic acids is 1. The van der Waals surface area contributed by atoms with Gasteiger partial charge < -0.3 is 15.5 Å². The summed E-state index contributed by atoms with van der Waals surface area (Å²) < 4.78 is 13.7. The van der Waals surface area contributed by atoms with E-state index in [1.165, 1.54) is 24.6 Å².